The van der Waals surface area contributed by atoms with Crippen molar-refractivity contribution in [1.29, 1.82) is 0 Å². The van der Waals surface area contributed by atoms with Crippen LogP contribution in [0.15, 0.2) is 0 Å². The smallest absolute Gasteiger partial charge is 0.410 e. The number of carbonyl (C=O) groups is 1. The summed E-state index contributed by atoms with van der Waals surface area (Å²) in [5.41, 5.74) is -0.429. The molecule has 1 unspecified atom stereocenters. The maximum Gasteiger partial charge on any atom is 0.410 e. The minimum absolute atomic E-state index is 0.203. The van der Waals surface area contributed by atoms with Crippen LogP contribution < -0.4 is 5.32 Å². The van der Waals surface area contributed by atoms with E-state index in [4.69, 9.17) is 4.74 Å². The molecule has 0 aromatic carbocycles. The van der Waals surface area contributed by atoms with Gasteiger partial charge in [-0.05, 0) is 53.6 Å². The lowest BCUT2D eigenvalue weighted by molar-refractivity contribution is 0.0251. The van der Waals surface area contributed by atoms with Crippen molar-refractivity contribution in [3.05, 3.63) is 0 Å². The molecule has 1 N–H and O–H groups in total. The molecule has 1 fully saturated rings. The van der Waals surface area contributed by atoms with Crippen LogP contribution in [0.5, 0.6) is 0 Å². The van der Waals surface area contributed by atoms with Crippen LogP contribution in [0.3, 0.4) is 0 Å². The number of likely N-dealkylation sites (N-methyl/N-ethyl adjacent to an activating group) is 1. The number of hydrogen-bond acceptors (Lipinski definition) is 4. The molecule has 0 aromatic heterocycles. The van der Waals surface area contributed by atoms with E-state index in [0.717, 1.165) is 26.1 Å². The molecule has 1 aliphatic heterocycles. The van der Waals surface area contributed by atoms with E-state index in [1.165, 1.54) is 25.8 Å². The van der Waals surface area contributed by atoms with Crippen LogP contribution in [0.1, 0.15) is 53.4 Å². The minimum atomic E-state index is -0.429. The largest absolute Gasteiger partial charge is 0.444 e. The summed E-state index contributed by atoms with van der Waals surface area (Å²) in [6.07, 6.45) is 4.66. The van der Waals surface area contributed by atoms with Crippen LogP contribution in [0, 0.1) is 0 Å². The lowest BCUT2D eigenvalue weighted by Crippen LogP contribution is -2.45. The van der Waals surface area contributed by atoms with Crippen molar-refractivity contribution in [3.8, 4) is 0 Å². The fraction of sp³-hybridized carbons (Fsp3) is 0.941. The van der Waals surface area contributed by atoms with Gasteiger partial charge in [0.05, 0.1) is 0 Å². The Morgan fingerprint density at radius 3 is 2.64 bits per heavy atom. The Kier molecular flexibility index (Phi) is 8.18. The van der Waals surface area contributed by atoms with Crippen LogP contribution in [-0.2, 0) is 4.74 Å². The third-order valence-corrected chi connectivity index (χ3v) is 4.01. The first-order chi connectivity index (χ1) is 10.3. The molecule has 1 heterocycles. The Hall–Kier alpha value is -0.810. The molecule has 0 radical (unpaired) electrons. The summed E-state index contributed by atoms with van der Waals surface area (Å²) in [6.45, 7) is 12.3. The summed E-state index contributed by atoms with van der Waals surface area (Å²) in [4.78, 5) is 16.4. The SMILES string of the molecule is CCCN(CCNCC1CCCCN1C)C(=O)OC(C)(C)C. The van der Waals surface area contributed by atoms with Crippen molar-refractivity contribution in [2.45, 2.75) is 65.0 Å². The van der Waals surface area contributed by atoms with E-state index < -0.39 is 5.60 Å². The summed E-state index contributed by atoms with van der Waals surface area (Å²) in [7, 11) is 2.20. The van der Waals surface area contributed by atoms with E-state index in [9.17, 15) is 4.79 Å². The molecule has 22 heavy (non-hydrogen) atoms. The second kappa shape index (κ2) is 9.36. The molecule has 0 bridgehead atoms. The molecule has 1 aliphatic rings. The number of amides is 1. The molecule has 5 nitrogen and oxygen atoms in total. The predicted octanol–water partition coefficient (Wildman–Crippen LogP) is 2.71. The number of likely N-dealkylation sites (tertiary alicyclic amines) is 1. The Morgan fingerprint density at radius 1 is 1.32 bits per heavy atom. The zero-order valence-corrected chi connectivity index (χ0v) is 15.2. The topological polar surface area (TPSA) is 44.8 Å². The van der Waals surface area contributed by atoms with Crippen molar-refractivity contribution >= 4 is 6.09 Å². The molecule has 0 spiro atoms. The summed E-state index contributed by atoms with van der Waals surface area (Å²) < 4.78 is 5.47. The van der Waals surface area contributed by atoms with Crippen molar-refractivity contribution < 1.29 is 9.53 Å². The van der Waals surface area contributed by atoms with Gasteiger partial charge in [-0.3, -0.25) is 0 Å². The first kappa shape index (κ1) is 19.2. The van der Waals surface area contributed by atoms with Crippen molar-refractivity contribution in [2.75, 3.05) is 39.8 Å². The van der Waals surface area contributed by atoms with Crippen molar-refractivity contribution in [2.24, 2.45) is 0 Å². The molecule has 1 saturated heterocycles. The van der Waals surface area contributed by atoms with Gasteiger partial charge in [0.2, 0.25) is 0 Å². The zero-order valence-electron chi connectivity index (χ0n) is 15.2. The average Bonchev–Trinajstić information content (AvgIpc) is 2.42. The first-order valence-corrected chi connectivity index (χ1v) is 8.72. The van der Waals surface area contributed by atoms with Gasteiger partial charge in [-0.1, -0.05) is 13.3 Å². The van der Waals surface area contributed by atoms with Gasteiger partial charge in [-0.15, -0.1) is 0 Å². The fourth-order valence-electron chi connectivity index (χ4n) is 2.78. The Morgan fingerprint density at radius 2 is 2.05 bits per heavy atom. The molecule has 0 aliphatic carbocycles. The molecular weight excluding hydrogens is 278 g/mol. The van der Waals surface area contributed by atoms with Crippen LogP contribution >= 0.6 is 0 Å². The van der Waals surface area contributed by atoms with E-state index in [1.807, 2.05) is 25.7 Å². The highest BCUT2D eigenvalue weighted by atomic mass is 16.6. The summed E-state index contributed by atoms with van der Waals surface area (Å²) in [5.74, 6) is 0. The third-order valence-electron chi connectivity index (χ3n) is 4.01. The molecule has 130 valence electrons. The zero-order chi connectivity index (χ0) is 16.6. The lowest BCUT2D eigenvalue weighted by Gasteiger charge is -2.33. The monoisotopic (exact) mass is 313 g/mol. The molecule has 5 heteroatoms. The van der Waals surface area contributed by atoms with E-state index >= 15 is 0 Å². The quantitative estimate of drug-likeness (QED) is 0.734. The average molecular weight is 313 g/mol. The van der Waals surface area contributed by atoms with Crippen LogP contribution in [-0.4, -0.2) is 67.3 Å². The molecule has 0 saturated carbocycles. The van der Waals surface area contributed by atoms with E-state index in [2.05, 4.69) is 24.2 Å². The number of ether oxygens (including phenoxy) is 1. The van der Waals surface area contributed by atoms with Gasteiger partial charge in [-0.2, -0.15) is 0 Å². The maximum atomic E-state index is 12.2. The standard InChI is InChI=1S/C17H35N3O2/c1-6-11-20(16(21)22-17(2,3)4)13-10-18-14-15-9-7-8-12-19(15)5/h15,18H,6-14H2,1-5H3. The van der Waals surface area contributed by atoms with Gasteiger partial charge in [0.25, 0.3) is 0 Å². The van der Waals surface area contributed by atoms with E-state index in [1.54, 1.807) is 0 Å². The maximum absolute atomic E-state index is 12.2. The first-order valence-electron chi connectivity index (χ1n) is 8.72. The van der Waals surface area contributed by atoms with Crippen molar-refractivity contribution in [1.82, 2.24) is 15.1 Å². The normalized spacial score (nSPS) is 20.0. The second-order valence-electron chi connectivity index (χ2n) is 7.30. The Balaban J connectivity index is 2.30. The molecule has 0 aromatic rings. The molecule has 1 atom stereocenters. The van der Waals surface area contributed by atoms with Gasteiger partial charge in [-0.25, -0.2) is 4.79 Å². The van der Waals surface area contributed by atoms with Crippen LogP contribution in [0.4, 0.5) is 4.79 Å². The van der Waals surface area contributed by atoms with Gasteiger partial charge in [0.1, 0.15) is 5.60 Å². The number of carbonyl (C=O) groups excluding carboxylic acids is 1. The number of hydrogen-bond donors (Lipinski definition) is 1. The van der Waals surface area contributed by atoms with Gasteiger partial charge in [0.15, 0.2) is 0 Å². The predicted molar refractivity (Wildman–Crippen MR) is 91.2 cm³/mol. The highest BCUT2D eigenvalue weighted by Crippen LogP contribution is 2.14. The van der Waals surface area contributed by atoms with E-state index in [0.29, 0.717) is 12.6 Å². The fourth-order valence-corrected chi connectivity index (χ4v) is 2.78. The molecule has 1 amide bonds. The minimum Gasteiger partial charge on any atom is -0.444 e. The van der Waals surface area contributed by atoms with E-state index in [-0.39, 0.29) is 6.09 Å². The highest BCUT2D eigenvalue weighted by molar-refractivity contribution is 5.68. The lowest BCUT2D eigenvalue weighted by atomic mass is 10.0. The van der Waals surface area contributed by atoms with Crippen molar-refractivity contribution in [3.63, 3.8) is 0 Å². The highest BCUT2D eigenvalue weighted by Gasteiger charge is 2.22. The van der Waals surface area contributed by atoms with Crippen LogP contribution in [0.2, 0.25) is 0 Å². The number of piperidine rings is 1. The Labute approximate surface area is 136 Å². The second-order valence-corrected chi connectivity index (χ2v) is 7.30. The summed E-state index contributed by atoms with van der Waals surface area (Å²) >= 11 is 0. The van der Waals surface area contributed by atoms with Crippen LogP contribution in [0.25, 0.3) is 0 Å². The van der Waals surface area contributed by atoms with Gasteiger partial charge in [0, 0.05) is 32.2 Å². The molecule has 1 rings (SSSR count). The van der Waals surface area contributed by atoms with Gasteiger partial charge < -0.3 is 19.9 Å². The number of nitrogens with zero attached hydrogens (tertiary/aromatic N) is 2. The number of rotatable bonds is 7. The molecular formula is C17H35N3O2. The van der Waals surface area contributed by atoms with Gasteiger partial charge >= 0.3 is 6.09 Å². The number of nitrogens with one attached hydrogen (secondary N) is 1. The third kappa shape index (κ3) is 7.45. The Bertz CT molecular complexity index is 328. The summed E-state index contributed by atoms with van der Waals surface area (Å²) in [6, 6.07) is 0.634. The summed E-state index contributed by atoms with van der Waals surface area (Å²) in [5, 5.41) is 3.50.